The van der Waals surface area contributed by atoms with Gasteiger partial charge in [-0.3, -0.25) is 4.90 Å². The average molecular weight is 299 g/mol. The van der Waals surface area contributed by atoms with Crippen LogP contribution in [0.2, 0.25) is 0 Å². The maximum absolute atomic E-state index is 12.3. The molecule has 0 aromatic rings. The van der Waals surface area contributed by atoms with Gasteiger partial charge >= 0.3 is 12.1 Å². The Morgan fingerprint density at radius 2 is 2.00 bits per heavy atom. The molecule has 1 rings (SSSR count). The van der Waals surface area contributed by atoms with E-state index in [2.05, 4.69) is 0 Å². The fourth-order valence-electron chi connectivity index (χ4n) is 2.63. The molecular formula is C15H25NO5. The van der Waals surface area contributed by atoms with Gasteiger partial charge < -0.3 is 14.3 Å². The van der Waals surface area contributed by atoms with Crippen molar-refractivity contribution in [2.24, 2.45) is 5.92 Å². The molecule has 0 unspecified atom stereocenters. The van der Waals surface area contributed by atoms with Crippen LogP contribution in [0.5, 0.6) is 0 Å². The third-order valence-corrected chi connectivity index (χ3v) is 3.48. The molecule has 1 fully saturated rings. The van der Waals surface area contributed by atoms with Gasteiger partial charge in [0.2, 0.25) is 0 Å². The van der Waals surface area contributed by atoms with Crippen molar-refractivity contribution >= 4 is 18.3 Å². The SMILES string of the molecule is COC(=O)[C@@H]1[C@H](CCC=O)CCCN1C(=O)OC(C)(C)C. The van der Waals surface area contributed by atoms with Gasteiger partial charge in [0.1, 0.15) is 17.9 Å². The average Bonchev–Trinajstić information content (AvgIpc) is 2.41. The molecule has 0 aliphatic carbocycles. The van der Waals surface area contributed by atoms with E-state index in [1.165, 1.54) is 12.0 Å². The van der Waals surface area contributed by atoms with Gasteiger partial charge in [0.05, 0.1) is 7.11 Å². The lowest BCUT2D eigenvalue weighted by Gasteiger charge is -2.39. The number of aldehydes is 1. The van der Waals surface area contributed by atoms with Crippen LogP contribution >= 0.6 is 0 Å². The van der Waals surface area contributed by atoms with Crippen LogP contribution in [0.15, 0.2) is 0 Å². The van der Waals surface area contributed by atoms with E-state index in [1.807, 2.05) is 0 Å². The summed E-state index contributed by atoms with van der Waals surface area (Å²) in [4.78, 5) is 36.4. The minimum Gasteiger partial charge on any atom is -0.467 e. The lowest BCUT2D eigenvalue weighted by molar-refractivity contribution is -0.150. The quantitative estimate of drug-likeness (QED) is 0.587. The lowest BCUT2D eigenvalue weighted by atomic mass is 9.86. The minimum absolute atomic E-state index is 0.0658. The molecule has 0 bridgehead atoms. The fourth-order valence-corrected chi connectivity index (χ4v) is 2.63. The van der Waals surface area contributed by atoms with Crippen molar-refractivity contribution in [3.8, 4) is 0 Å². The van der Waals surface area contributed by atoms with E-state index in [-0.39, 0.29) is 5.92 Å². The summed E-state index contributed by atoms with van der Waals surface area (Å²) in [5.41, 5.74) is -0.618. The molecule has 0 radical (unpaired) electrons. The summed E-state index contributed by atoms with van der Waals surface area (Å²) in [5.74, 6) is -0.514. The van der Waals surface area contributed by atoms with Crippen molar-refractivity contribution in [3.05, 3.63) is 0 Å². The Morgan fingerprint density at radius 1 is 1.33 bits per heavy atom. The molecule has 120 valence electrons. The predicted molar refractivity (Wildman–Crippen MR) is 76.8 cm³/mol. The largest absolute Gasteiger partial charge is 0.467 e. The van der Waals surface area contributed by atoms with E-state index < -0.39 is 23.7 Å². The van der Waals surface area contributed by atoms with Crippen LogP contribution < -0.4 is 0 Å². The number of methoxy groups -OCH3 is 1. The second-order valence-electron chi connectivity index (χ2n) is 6.29. The monoisotopic (exact) mass is 299 g/mol. The molecule has 1 saturated heterocycles. The van der Waals surface area contributed by atoms with Crippen LogP contribution in [0.1, 0.15) is 46.5 Å². The number of ether oxygens (including phenoxy) is 2. The van der Waals surface area contributed by atoms with Gasteiger partial charge in [-0.2, -0.15) is 0 Å². The highest BCUT2D eigenvalue weighted by atomic mass is 16.6. The normalized spacial score (nSPS) is 22.6. The molecule has 6 heteroatoms. The first-order chi connectivity index (χ1) is 9.80. The van der Waals surface area contributed by atoms with Gasteiger partial charge in [0.25, 0.3) is 0 Å². The Labute approximate surface area is 125 Å². The molecule has 1 aliphatic heterocycles. The Bertz CT molecular complexity index is 388. The van der Waals surface area contributed by atoms with Crippen molar-refractivity contribution in [1.82, 2.24) is 4.90 Å². The molecule has 1 heterocycles. The molecule has 0 aromatic heterocycles. The number of nitrogens with zero attached hydrogens (tertiary/aromatic N) is 1. The first kappa shape index (κ1) is 17.5. The summed E-state index contributed by atoms with van der Waals surface area (Å²) in [6.07, 6.45) is 2.86. The number of likely N-dealkylation sites (tertiary alicyclic amines) is 1. The summed E-state index contributed by atoms with van der Waals surface area (Å²) in [6, 6.07) is -0.668. The maximum Gasteiger partial charge on any atom is 0.411 e. The van der Waals surface area contributed by atoms with Gasteiger partial charge in [0.15, 0.2) is 0 Å². The molecule has 2 atom stereocenters. The van der Waals surface area contributed by atoms with E-state index in [9.17, 15) is 14.4 Å². The number of hydrogen-bond acceptors (Lipinski definition) is 5. The number of carbonyl (C=O) groups excluding carboxylic acids is 3. The fraction of sp³-hybridized carbons (Fsp3) is 0.800. The molecule has 1 amide bonds. The second kappa shape index (κ2) is 7.43. The van der Waals surface area contributed by atoms with Gasteiger partial charge in [-0.1, -0.05) is 0 Å². The predicted octanol–water partition coefficient (Wildman–Crippen LogP) is 2.15. The molecule has 0 N–H and O–H groups in total. The van der Waals surface area contributed by atoms with E-state index in [4.69, 9.17) is 9.47 Å². The third-order valence-electron chi connectivity index (χ3n) is 3.48. The van der Waals surface area contributed by atoms with Crippen molar-refractivity contribution in [3.63, 3.8) is 0 Å². The molecule has 0 saturated carbocycles. The second-order valence-corrected chi connectivity index (χ2v) is 6.29. The summed E-state index contributed by atoms with van der Waals surface area (Å²) >= 11 is 0. The van der Waals surface area contributed by atoms with Gasteiger partial charge in [-0.25, -0.2) is 9.59 Å². The number of amides is 1. The number of piperidine rings is 1. The zero-order valence-electron chi connectivity index (χ0n) is 13.3. The first-order valence-corrected chi connectivity index (χ1v) is 7.31. The molecule has 0 aromatic carbocycles. The van der Waals surface area contributed by atoms with Gasteiger partial charge in [0, 0.05) is 13.0 Å². The summed E-state index contributed by atoms with van der Waals surface area (Å²) < 4.78 is 10.2. The highest BCUT2D eigenvalue weighted by Crippen LogP contribution is 2.29. The zero-order valence-corrected chi connectivity index (χ0v) is 13.3. The summed E-state index contributed by atoms with van der Waals surface area (Å²) in [5, 5.41) is 0. The smallest absolute Gasteiger partial charge is 0.411 e. The van der Waals surface area contributed by atoms with Gasteiger partial charge in [-0.05, 0) is 46.0 Å². The zero-order chi connectivity index (χ0) is 16.0. The maximum atomic E-state index is 12.3. The Hall–Kier alpha value is -1.59. The van der Waals surface area contributed by atoms with Crippen molar-refractivity contribution in [2.75, 3.05) is 13.7 Å². The third kappa shape index (κ3) is 5.02. The highest BCUT2D eigenvalue weighted by Gasteiger charge is 2.41. The van der Waals surface area contributed by atoms with Crippen LogP contribution in [0.25, 0.3) is 0 Å². The molecule has 6 nitrogen and oxygen atoms in total. The van der Waals surface area contributed by atoms with E-state index in [0.717, 1.165) is 19.1 Å². The first-order valence-electron chi connectivity index (χ1n) is 7.31. The number of rotatable bonds is 4. The summed E-state index contributed by atoms with van der Waals surface area (Å²) in [6.45, 7) is 5.82. The standard InChI is InChI=1S/C15H25NO5/c1-15(2,3)21-14(19)16-9-5-7-11(8-6-10-17)12(16)13(18)20-4/h10-12H,5-9H2,1-4H3/t11-,12-/m0/s1. The van der Waals surface area contributed by atoms with Crippen LogP contribution in [0.3, 0.4) is 0 Å². The van der Waals surface area contributed by atoms with E-state index >= 15 is 0 Å². The Morgan fingerprint density at radius 3 is 2.52 bits per heavy atom. The topological polar surface area (TPSA) is 72.9 Å². The van der Waals surface area contributed by atoms with E-state index in [0.29, 0.717) is 19.4 Å². The molecule has 1 aliphatic rings. The van der Waals surface area contributed by atoms with Crippen LogP contribution in [-0.2, 0) is 19.1 Å². The number of esters is 1. The van der Waals surface area contributed by atoms with E-state index in [1.54, 1.807) is 20.8 Å². The summed E-state index contributed by atoms with van der Waals surface area (Å²) in [7, 11) is 1.31. The number of carbonyl (C=O) groups is 3. The van der Waals surface area contributed by atoms with Crippen LogP contribution in [-0.4, -0.2) is 48.5 Å². The van der Waals surface area contributed by atoms with Crippen molar-refractivity contribution < 1.29 is 23.9 Å². The highest BCUT2D eigenvalue weighted by molar-refractivity contribution is 5.82. The molecular weight excluding hydrogens is 274 g/mol. The molecule has 21 heavy (non-hydrogen) atoms. The molecule has 0 spiro atoms. The lowest BCUT2D eigenvalue weighted by Crippen LogP contribution is -2.54. The minimum atomic E-state index is -0.668. The Kier molecular flexibility index (Phi) is 6.18. The van der Waals surface area contributed by atoms with Crippen LogP contribution in [0.4, 0.5) is 4.79 Å². The van der Waals surface area contributed by atoms with Crippen molar-refractivity contribution in [1.29, 1.82) is 0 Å². The Balaban J connectivity index is 2.90. The van der Waals surface area contributed by atoms with Crippen LogP contribution in [0, 0.1) is 5.92 Å². The van der Waals surface area contributed by atoms with Gasteiger partial charge in [-0.15, -0.1) is 0 Å². The number of hydrogen-bond donors (Lipinski definition) is 0. The van der Waals surface area contributed by atoms with Crippen molar-refractivity contribution in [2.45, 2.75) is 58.1 Å².